The third-order valence-corrected chi connectivity index (χ3v) is 3.89. The molecule has 3 nitrogen and oxygen atoms in total. The van der Waals surface area contributed by atoms with Gasteiger partial charge in [-0.1, -0.05) is 12.8 Å². The number of hydrogen-bond acceptors (Lipinski definition) is 2. The summed E-state index contributed by atoms with van der Waals surface area (Å²) in [7, 11) is 0. The van der Waals surface area contributed by atoms with Gasteiger partial charge in [0.25, 0.3) is 0 Å². The van der Waals surface area contributed by atoms with Crippen molar-refractivity contribution in [1.29, 1.82) is 0 Å². The van der Waals surface area contributed by atoms with Crippen molar-refractivity contribution in [3.8, 4) is 0 Å². The topological polar surface area (TPSA) is 34.9 Å². The minimum absolute atomic E-state index is 0.0444. The molecular formula is C16H16F2N2O. The van der Waals surface area contributed by atoms with Gasteiger partial charge in [0.05, 0.1) is 18.2 Å². The Kier molecular flexibility index (Phi) is 3.82. The predicted octanol–water partition coefficient (Wildman–Crippen LogP) is 3.70. The van der Waals surface area contributed by atoms with Gasteiger partial charge in [-0.3, -0.25) is 9.48 Å². The van der Waals surface area contributed by atoms with Gasteiger partial charge < -0.3 is 0 Å². The molecule has 0 bridgehead atoms. The summed E-state index contributed by atoms with van der Waals surface area (Å²) in [6, 6.07) is 5.08. The highest BCUT2D eigenvalue weighted by Crippen LogP contribution is 2.28. The Labute approximate surface area is 121 Å². The second-order valence-electron chi connectivity index (χ2n) is 5.48. The summed E-state index contributed by atoms with van der Waals surface area (Å²) in [6.45, 7) is 0. The molecule has 0 atom stereocenters. The van der Waals surface area contributed by atoms with Crippen LogP contribution < -0.4 is 0 Å². The Hall–Kier alpha value is -2.04. The fraction of sp³-hybridized carbons (Fsp3) is 0.375. The number of ketones is 1. The Balaban J connectivity index is 1.72. The molecule has 2 aromatic rings. The van der Waals surface area contributed by atoms with Crippen molar-refractivity contribution in [3.63, 3.8) is 0 Å². The first-order valence-electron chi connectivity index (χ1n) is 7.15. The number of rotatable bonds is 4. The van der Waals surface area contributed by atoms with Crippen LogP contribution in [0.4, 0.5) is 8.78 Å². The second kappa shape index (κ2) is 5.76. The molecular weight excluding hydrogens is 274 g/mol. The maximum Gasteiger partial charge on any atom is 0.169 e. The van der Waals surface area contributed by atoms with Crippen LogP contribution >= 0.6 is 0 Å². The van der Waals surface area contributed by atoms with Crippen LogP contribution in [-0.4, -0.2) is 15.6 Å². The van der Waals surface area contributed by atoms with Gasteiger partial charge in [0.15, 0.2) is 5.78 Å². The Bertz CT molecular complexity index is 640. The number of aromatic nitrogens is 2. The molecule has 0 N–H and O–H groups in total. The quantitative estimate of drug-likeness (QED) is 0.805. The van der Waals surface area contributed by atoms with Gasteiger partial charge >= 0.3 is 0 Å². The van der Waals surface area contributed by atoms with E-state index in [0.29, 0.717) is 11.7 Å². The van der Waals surface area contributed by atoms with Crippen molar-refractivity contribution >= 4 is 5.78 Å². The summed E-state index contributed by atoms with van der Waals surface area (Å²) >= 11 is 0. The molecule has 5 heteroatoms. The zero-order valence-electron chi connectivity index (χ0n) is 11.6. The van der Waals surface area contributed by atoms with Crippen molar-refractivity contribution in [2.24, 2.45) is 0 Å². The fourth-order valence-corrected chi connectivity index (χ4v) is 2.83. The third kappa shape index (κ3) is 3.17. The molecule has 0 amide bonds. The molecule has 1 aliphatic carbocycles. The number of carbonyl (C=O) groups is 1. The highest BCUT2D eigenvalue weighted by atomic mass is 19.1. The lowest BCUT2D eigenvalue weighted by atomic mass is 10.1. The predicted molar refractivity (Wildman–Crippen MR) is 74.1 cm³/mol. The first kappa shape index (κ1) is 13.9. The van der Waals surface area contributed by atoms with E-state index in [4.69, 9.17) is 0 Å². The first-order valence-corrected chi connectivity index (χ1v) is 7.15. The average molecular weight is 290 g/mol. The van der Waals surface area contributed by atoms with Gasteiger partial charge in [0, 0.05) is 17.8 Å². The van der Waals surface area contributed by atoms with E-state index in [1.165, 1.54) is 12.8 Å². The van der Waals surface area contributed by atoms with E-state index < -0.39 is 11.6 Å². The zero-order chi connectivity index (χ0) is 14.8. The SMILES string of the molecule is O=C(Cc1ccn(C2CCCC2)n1)c1cc(F)cc(F)c1. The van der Waals surface area contributed by atoms with Crippen LogP contribution in [0.25, 0.3) is 0 Å². The fourth-order valence-electron chi connectivity index (χ4n) is 2.83. The molecule has 1 saturated carbocycles. The van der Waals surface area contributed by atoms with E-state index >= 15 is 0 Å². The van der Waals surface area contributed by atoms with Crippen LogP contribution in [0.3, 0.4) is 0 Å². The summed E-state index contributed by atoms with van der Waals surface area (Å²) in [4.78, 5) is 12.1. The van der Waals surface area contributed by atoms with Crippen molar-refractivity contribution in [3.05, 3.63) is 53.4 Å². The van der Waals surface area contributed by atoms with E-state index in [0.717, 1.165) is 31.0 Å². The van der Waals surface area contributed by atoms with Gasteiger partial charge in [0.2, 0.25) is 0 Å². The lowest BCUT2D eigenvalue weighted by Gasteiger charge is -2.08. The molecule has 0 spiro atoms. The summed E-state index contributed by atoms with van der Waals surface area (Å²) < 4.78 is 28.2. The van der Waals surface area contributed by atoms with Gasteiger partial charge in [-0.2, -0.15) is 5.10 Å². The smallest absolute Gasteiger partial charge is 0.169 e. The van der Waals surface area contributed by atoms with Crippen LogP contribution in [0.5, 0.6) is 0 Å². The number of carbonyl (C=O) groups excluding carboxylic acids is 1. The van der Waals surface area contributed by atoms with Crippen LogP contribution in [-0.2, 0) is 6.42 Å². The molecule has 110 valence electrons. The minimum Gasteiger partial charge on any atom is -0.294 e. The van der Waals surface area contributed by atoms with Gasteiger partial charge in [-0.25, -0.2) is 8.78 Å². The van der Waals surface area contributed by atoms with Crippen LogP contribution in [0.15, 0.2) is 30.5 Å². The van der Waals surface area contributed by atoms with Crippen LogP contribution in [0, 0.1) is 11.6 Å². The highest BCUT2D eigenvalue weighted by molar-refractivity contribution is 5.97. The number of nitrogens with zero attached hydrogens (tertiary/aromatic N) is 2. The van der Waals surface area contributed by atoms with Gasteiger partial charge in [0.1, 0.15) is 11.6 Å². The lowest BCUT2D eigenvalue weighted by Crippen LogP contribution is -2.08. The molecule has 3 rings (SSSR count). The van der Waals surface area contributed by atoms with E-state index in [-0.39, 0.29) is 17.8 Å². The maximum absolute atomic E-state index is 13.1. The number of halogens is 2. The Morgan fingerprint density at radius 1 is 1.19 bits per heavy atom. The largest absolute Gasteiger partial charge is 0.294 e. The highest BCUT2D eigenvalue weighted by Gasteiger charge is 2.18. The van der Waals surface area contributed by atoms with E-state index in [9.17, 15) is 13.6 Å². The summed E-state index contributed by atoms with van der Waals surface area (Å²) in [5.41, 5.74) is 0.680. The normalized spacial score (nSPS) is 15.5. The second-order valence-corrected chi connectivity index (χ2v) is 5.48. The summed E-state index contributed by atoms with van der Waals surface area (Å²) in [5, 5.41) is 4.41. The first-order chi connectivity index (χ1) is 10.1. The van der Waals surface area contributed by atoms with Crippen molar-refractivity contribution in [2.75, 3.05) is 0 Å². The molecule has 0 radical (unpaired) electrons. The van der Waals surface area contributed by atoms with Crippen molar-refractivity contribution in [2.45, 2.75) is 38.1 Å². The van der Waals surface area contributed by atoms with E-state index in [2.05, 4.69) is 5.10 Å². The molecule has 1 fully saturated rings. The number of hydrogen-bond donors (Lipinski definition) is 0. The lowest BCUT2D eigenvalue weighted by molar-refractivity contribution is 0.0990. The van der Waals surface area contributed by atoms with Crippen LogP contribution in [0.2, 0.25) is 0 Å². The molecule has 1 aromatic heterocycles. The Morgan fingerprint density at radius 2 is 1.86 bits per heavy atom. The standard InChI is InChI=1S/C16H16F2N2O/c17-12-7-11(8-13(18)9-12)16(21)10-14-5-6-20(19-14)15-3-1-2-4-15/h5-9,15H,1-4,10H2. The van der Waals surface area contributed by atoms with Crippen LogP contribution in [0.1, 0.15) is 47.8 Å². The molecule has 21 heavy (non-hydrogen) atoms. The average Bonchev–Trinajstić information content (AvgIpc) is 3.07. The van der Waals surface area contributed by atoms with Gasteiger partial charge in [-0.15, -0.1) is 0 Å². The monoisotopic (exact) mass is 290 g/mol. The molecule has 1 aromatic carbocycles. The van der Waals surface area contributed by atoms with Crippen molar-refractivity contribution in [1.82, 2.24) is 9.78 Å². The third-order valence-electron chi connectivity index (χ3n) is 3.89. The minimum atomic E-state index is -0.741. The molecule has 1 aliphatic rings. The van der Waals surface area contributed by atoms with Gasteiger partial charge in [-0.05, 0) is 31.0 Å². The summed E-state index contributed by atoms with van der Waals surface area (Å²) in [5.74, 6) is -1.81. The number of benzene rings is 1. The number of Topliss-reactive ketones (excluding diaryl/α,β-unsaturated/α-hetero) is 1. The van der Waals surface area contributed by atoms with E-state index in [1.54, 1.807) is 6.07 Å². The summed E-state index contributed by atoms with van der Waals surface area (Å²) in [6.07, 6.45) is 6.59. The molecule has 0 saturated heterocycles. The molecule has 0 unspecified atom stereocenters. The molecule has 0 aliphatic heterocycles. The molecule has 1 heterocycles. The Morgan fingerprint density at radius 3 is 2.52 bits per heavy atom. The van der Waals surface area contributed by atoms with Crippen molar-refractivity contribution < 1.29 is 13.6 Å². The maximum atomic E-state index is 13.1. The van der Waals surface area contributed by atoms with E-state index in [1.807, 2.05) is 10.9 Å². The zero-order valence-corrected chi connectivity index (χ0v) is 11.6.